The van der Waals surface area contributed by atoms with Gasteiger partial charge >= 0.3 is 0 Å². The number of rotatable bonds is 7. The van der Waals surface area contributed by atoms with Crippen LogP contribution >= 0.6 is 0 Å². The van der Waals surface area contributed by atoms with Crippen LogP contribution < -0.4 is 10.5 Å². The molecule has 1 unspecified atom stereocenters. The molecule has 1 aromatic rings. The highest BCUT2D eigenvalue weighted by atomic mass is 16.5. The summed E-state index contributed by atoms with van der Waals surface area (Å²) in [6.07, 6.45) is 1.58. The van der Waals surface area contributed by atoms with Crippen molar-refractivity contribution in [3.05, 3.63) is 11.9 Å². The van der Waals surface area contributed by atoms with Crippen LogP contribution in [0.1, 0.15) is 17.4 Å². The van der Waals surface area contributed by atoms with Crippen LogP contribution in [0.3, 0.4) is 0 Å². The predicted molar refractivity (Wildman–Crippen MR) is 69.9 cm³/mol. The summed E-state index contributed by atoms with van der Waals surface area (Å²) in [6, 6.07) is 0. The monoisotopic (exact) mass is 254 g/mol. The van der Waals surface area contributed by atoms with Gasteiger partial charge in [-0.25, -0.2) is 0 Å². The summed E-state index contributed by atoms with van der Waals surface area (Å²) < 4.78 is 6.88. The first-order valence-corrected chi connectivity index (χ1v) is 6.00. The topological polar surface area (TPSA) is 73.4 Å². The Morgan fingerprint density at radius 1 is 1.61 bits per heavy atom. The van der Waals surface area contributed by atoms with Gasteiger partial charge in [0.25, 0.3) is 0 Å². The van der Waals surface area contributed by atoms with Gasteiger partial charge in [0.2, 0.25) is 0 Å². The van der Waals surface area contributed by atoms with E-state index >= 15 is 0 Å². The van der Waals surface area contributed by atoms with E-state index in [1.165, 1.54) is 7.11 Å². The third kappa shape index (κ3) is 3.30. The number of nitrogens with two attached hydrogens (primary N) is 1. The molecule has 1 aromatic heterocycles. The molecule has 1 atom stereocenters. The molecule has 1 heterocycles. The highest BCUT2D eigenvalue weighted by Crippen LogP contribution is 2.20. The van der Waals surface area contributed by atoms with Crippen LogP contribution in [0.2, 0.25) is 0 Å². The summed E-state index contributed by atoms with van der Waals surface area (Å²) >= 11 is 0. The first-order valence-electron chi connectivity index (χ1n) is 6.00. The minimum absolute atomic E-state index is 0.0226. The molecule has 2 N–H and O–H groups in total. The summed E-state index contributed by atoms with van der Waals surface area (Å²) in [7, 11) is 5.49. The quantitative estimate of drug-likeness (QED) is 0.705. The summed E-state index contributed by atoms with van der Waals surface area (Å²) in [5, 5.41) is 4.20. The lowest BCUT2D eigenvalue weighted by molar-refractivity contribution is 0.0919. The Kier molecular flexibility index (Phi) is 5.30. The minimum Gasteiger partial charge on any atom is -0.493 e. The lowest BCUT2D eigenvalue weighted by Crippen LogP contribution is -2.26. The molecule has 0 saturated carbocycles. The number of hydrogen-bond donors (Lipinski definition) is 1. The number of aromatic nitrogens is 2. The second-order valence-corrected chi connectivity index (χ2v) is 4.59. The molecule has 0 fully saturated rings. The van der Waals surface area contributed by atoms with Gasteiger partial charge in [-0.2, -0.15) is 5.10 Å². The van der Waals surface area contributed by atoms with Gasteiger partial charge in [0.1, 0.15) is 5.69 Å². The molecule has 0 amide bonds. The molecule has 0 saturated heterocycles. The Bertz CT molecular complexity index is 401. The van der Waals surface area contributed by atoms with Gasteiger partial charge < -0.3 is 15.4 Å². The number of likely N-dealkylation sites (N-methyl/N-ethyl adjacent to an activating group) is 1. The van der Waals surface area contributed by atoms with Gasteiger partial charge in [-0.3, -0.25) is 9.48 Å². The normalized spacial score (nSPS) is 12.8. The van der Waals surface area contributed by atoms with Crippen molar-refractivity contribution in [2.75, 3.05) is 34.3 Å². The van der Waals surface area contributed by atoms with Crippen LogP contribution in [0.25, 0.3) is 0 Å². The molecule has 0 aromatic carbocycles. The van der Waals surface area contributed by atoms with E-state index in [2.05, 4.69) is 5.10 Å². The SMILES string of the molecule is COc1cnn(CCN(C)C)c1C(=O)C(C)CN. The molecule has 18 heavy (non-hydrogen) atoms. The van der Waals surface area contributed by atoms with E-state index < -0.39 is 0 Å². The van der Waals surface area contributed by atoms with E-state index in [9.17, 15) is 4.79 Å². The third-order valence-electron chi connectivity index (χ3n) is 2.82. The Labute approximate surface area is 108 Å². The van der Waals surface area contributed by atoms with Crippen molar-refractivity contribution >= 4 is 5.78 Å². The molecule has 102 valence electrons. The highest BCUT2D eigenvalue weighted by molar-refractivity contribution is 5.98. The Hall–Kier alpha value is -1.40. The minimum atomic E-state index is -0.228. The van der Waals surface area contributed by atoms with Crippen LogP contribution in [-0.2, 0) is 6.54 Å². The Morgan fingerprint density at radius 2 is 2.28 bits per heavy atom. The number of carbonyl (C=O) groups excluding carboxylic acids is 1. The van der Waals surface area contributed by atoms with Crippen LogP contribution in [0.5, 0.6) is 5.75 Å². The average Bonchev–Trinajstić information content (AvgIpc) is 2.77. The van der Waals surface area contributed by atoms with Crippen LogP contribution in [-0.4, -0.2) is 54.8 Å². The molecule has 0 aliphatic carbocycles. The van der Waals surface area contributed by atoms with Gasteiger partial charge in [-0.1, -0.05) is 6.92 Å². The second-order valence-electron chi connectivity index (χ2n) is 4.59. The fraction of sp³-hybridized carbons (Fsp3) is 0.667. The maximum absolute atomic E-state index is 12.2. The molecule has 0 radical (unpaired) electrons. The first-order chi connectivity index (χ1) is 8.51. The second kappa shape index (κ2) is 6.51. The molecular formula is C12H22N4O2. The van der Waals surface area contributed by atoms with Crippen molar-refractivity contribution < 1.29 is 9.53 Å². The van der Waals surface area contributed by atoms with Gasteiger partial charge in [-0.05, 0) is 14.1 Å². The Balaban J connectivity index is 2.98. The third-order valence-corrected chi connectivity index (χ3v) is 2.82. The molecule has 0 spiro atoms. The van der Waals surface area contributed by atoms with E-state index in [0.717, 1.165) is 6.54 Å². The average molecular weight is 254 g/mol. The molecule has 6 heteroatoms. The maximum atomic E-state index is 12.2. The van der Waals surface area contributed by atoms with E-state index in [4.69, 9.17) is 10.5 Å². The lowest BCUT2D eigenvalue weighted by Gasteiger charge is -2.14. The molecule has 0 aliphatic heterocycles. The smallest absolute Gasteiger partial charge is 0.188 e. The van der Waals surface area contributed by atoms with E-state index in [1.807, 2.05) is 25.9 Å². The van der Waals surface area contributed by atoms with Gasteiger partial charge in [0, 0.05) is 19.0 Å². The fourth-order valence-corrected chi connectivity index (χ4v) is 1.57. The van der Waals surface area contributed by atoms with Crippen molar-refractivity contribution in [1.29, 1.82) is 0 Å². The van der Waals surface area contributed by atoms with Crippen molar-refractivity contribution in [3.63, 3.8) is 0 Å². The van der Waals surface area contributed by atoms with Crippen molar-refractivity contribution in [3.8, 4) is 5.75 Å². The maximum Gasteiger partial charge on any atom is 0.188 e. The number of ketones is 1. The summed E-state index contributed by atoms with van der Waals surface area (Å²) in [5.74, 6) is 0.262. The van der Waals surface area contributed by atoms with E-state index in [-0.39, 0.29) is 11.7 Å². The van der Waals surface area contributed by atoms with Crippen LogP contribution in [0.15, 0.2) is 6.20 Å². The van der Waals surface area contributed by atoms with Crippen LogP contribution in [0, 0.1) is 5.92 Å². The molecule has 0 bridgehead atoms. The zero-order chi connectivity index (χ0) is 13.7. The molecular weight excluding hydrogens is 232 g/mol. The molecule has 1 rings (SSSR count). The standard InChI is InChI=1S/C12H22N4O2/c1-9(7-13)12(17)11-10(18-4)8-14-16(11)6-5-15(2)3/h8-9H,5-7,13H2,1-4H3. The number of nitrogens with zero attached hydrogens (tertiary/aromatic N) is 3. The number of methoxy groups -OCH3 is 1. The zero-order valence-corrected chi connectivity index (χ0v) is 11.5. The van der Waals surface area contributed by atoms with Crippen LogP contribution in [0.4, 0.5) is 0 Å². The summed E-state index contributed by atoms with van der Waals surface area (Å²) in [5.41, 5.74) is 6.05. The predicted octanol–water partition coefficient (Wildman–Crippen LogP) is 0.231. The number of hydrogen-bond acceptors (Lipinski definition) is 5. The van der Waals surface area contributed by atoms with Gasteiger partial charge in [-0.15, -0.1) is 0 Å². The van der Waals surface area contributed by atoms with Crippen molar-refractivity contribution in [2.45, 2.75) is 13.5 Å². The zero-order valence-electron chi connectivity index (χ0n) is 11.5. The Morgan fingerprint density at radius 3 is 2.78 bits per heavy atom. The van der Waals surface area contributed by atoms with Crippen molar-refractivity contribution in [1.82, 2.24) is 14.7 Å². The van der Waals surface area contributed by atoms with E-state index in [0.29, 0.717) is 24.5 Å². The summed E-state index contributed by atoms with van der Waals surface area (Å²) in [4.78, 5) is 14.3. The largest absolute Gasteiger partial charge is 0.493 e. The van der Waals surface area contributed by atoms with Gasteiger partial charge in [0.15, 0.2) is 11.5 Å². The molecule has 6 nitrogen and oxygen atoms in total. The fourth-order valence-electron chi connectivity index (χ4n) is 1.57. The lowest BCUT2D eigenvalue weighted by atomic mass is 10.0. The number of carbonyl (C=O) groups is 1. The number of Topliss-reactive ketones (excluding diaryl/α,β-unsaturated/α-hetero) is 1. The number of ether oxygens (including phenoxy) is 1. The summed E-state index contributed by atoms with van der Waals surface area (Å²) in [6.45, 7) is 3.59. The van der Waals surface area contributed by atoms with Crippen molar-refractivity contribution in [2.24, 2.45) is 11.7 Å². The first kappa shape index (κ1) is 14.7. The molecule has 0 aliphatic rings. The van der Waals surface area contributed by atoms with Gasteiger partial charge in [0.05, 0.1) is 19.9 Å². The van der Waals surface area contributed by atoms with E-state index in [1.54, 1.807) is 10.9 Å². The highest BCUT2D eigenvalue weighted by Gasteiger charge is 2.23.